The van der Waals surface area contributed by atoms with Gasteiger partial charge in [-0.2, -0.15) is 0 Å². The monoisotopic (exact) mass is 272 g/mol. The molecule has 1 N–H and O–H groups in total. The third kappa shape index (κ3) is 9.54. The highest BCUT2D eigenvalue weighted by Crippen LogP contribution is 1.92. The van der Waals surface area contributed by atoms with Gasteiger partial charge in [0.1, 0.15) is 19.8 Å². The highest BCUT2D eigenvalue weighted by atomic mass is 16.6. The summed E-state index contributed by atoms with van der Waals surface area (Å²) in [6.45, 7) is 4.21. The molecule has 0 saturated heterocycles. The van der Waals surface area contributed by atoms with Crippen LogP contribution in [0.2, 0.25) is 0 Å². The predicted molar refractivity (Wildman–Crippen MR) is 63.9 cm³/mol. The lowest BCUT2D eigenvalue weighted by Crippen LogP contribution is -2.13. The molecule has 0 radical (unpaired) electrons. The molecule has 0 aromatic carbocycles. The average Bonchev–Trinajstić information content (AvgIpc) is 2.38. The second-order valence-corrected chi connectivity index (χ2v) is 3.31. The van der Waals surface area contributed by atoms with Crippen molar-refractivity contribution >= 4 is 17.9 Å². The summed E-state index contributed by atoms with van der Waals surface area (Å²) in [6, 6.07) is 0. The molecule has 0 aliphatic carbocycles. The fourth-order valence-electron chi connectivity index (χ4n) is 0.778. The third-order valence-electron chi connectivity index (χ3n) is 1.60. The number of rotatable bonds is 8. The summed E-state index contributed by atoms with van der Waals surface area (Å²) in [5.41, 5.74) is 0.248. The van der Waals surface area contributed by atoms with Crippen LogP contribution in [0.4, 0.5) is 0 Å². The number of carbonyl (C=O) groups excluding carboxylic acids is 3. The van der Waals surface area contributed by atoms with Crippen molar-refractivity contribution in [3.05, 3.63) is 24.3 Å². The van der Waals surface area contributed by atoms with Crippen LogP contribution >= 0.6 is 0 Å². The van der Waals surface area contributed by atoms with Gasteiger partial charge in [0, 0.05) is 17.7 Å². The molecule has 19 heavy (non-hydrogen) atoms. The van der Waals surface area contributed by atoms with E-state index in [1.165, 1.54) is 6.92 Å². The van der Waals surface area contributed by atoms with E-state index in [0.29, 0.717) is 0 Å². The van der Waals surface area contributed by atoms with Crippen LogP contribution in [0.3, 0.4) is 0 Å². The molecular weight excluding hydrogens is 256 g/mol. The van der Waals surface area contributed by atoms with Gasteiger partial charge in [-0.15, -0.1) is 0 Å². The van der Waals surface area contributed by atoms with E-state index in [-0.39, 0.29) is 32.0 Å². The Bertz CT molecular complexity index is 370. The minimum atomic E-state index is -0.771. The Morgan fingerprint density at radius 1 is 1.00 bits per heavy atom. The van der Waals surface area contributed by atoms with Crippen LogP contribution in [0.15, 0.2) is 24.3 Å². The molecule has 0 saturated carbocycles. The van der Waals surface area contributed by atoms with Crippen molar-refractivity contribution in [1.29, 1.82) is 0 Å². The number of carbonyl (C=O) groups is 3. The van der Waals surface area contributed by atoms with Gasteiger partial charge in [0.25, 0.3) is 0 Å². The summed E-state index contributed by atoms with van der Waals surface area (Å²) in [7, 11) is 0. The quantitative estimate of drug-likeness (QED) is 0.281. The number of hydrogen-bond donors (Lipinski definition) is 1. The SMILES string of the molecule is C=C(C)C(=O)OCCOC(=O)/C=C\C(=O)OCCO. The molecule has 7 nitrogen and oxygen atoms in total. The Labute approximate surface area is 110 Å². The van der Waals surface area contributed by atoms with Crippen molar-refractivity contribution in [2.24, 2.45) is 0 Å². The maximum atomic E-state index is 11.1. The van der Waals surface area contributed by atoms with Gasteiger partial charge in [-0.3, -0.25) is 0 Å². The molecule has 0 aliphatic heterocycles. The number of hydrogen-bond acceptors (Lipinski definition) is 7. The maximum absolute atomic E-state index is 11.1. The average molecular weight is 272 g/mol. The van der Waals surface area contributed by atoms with Crippen molar-refractivity contribution in [2.75, 3.05) is 26.4 Å². The first-order valence-corrected chi connectivity index (χ1v) is 5.42. The van der Waals surface area contributed by atoms with Crippen LogP contribution in [0, 0.1) is 0 Å². The first kappa shape index (κ1) is 16.9. The van der Waals surface area contributed by atoms with E-state index in [4.69, 9.17) is 5.11 Å². The number of aliphatic hydroxyl groups is 1. The van der Waals surface area contributed by atoms with Crippen molar-refractivity contribution in [2.45, 2.75) is 6.92 Å². The van der Waals surface area contributed by atoms with Gasteiger partial charge in [-0.05, 0) is 6.92 Å². The summed E-state index contributed by atoms with van der Waals surface area (Å²) in [5.74, 6) is -2.11. The lowest BCUT2D eigenvalue weighted by Gasteiger charge is -2.04. The highest BCUT2D eigenvalue weighted by Gasteiger charge is 2.04. The normalized spacial score (nSPS) is 10.0. The molecule has 0 atom stereocenters. The van der Waals surface area contributed by atoms with E-state index in [9.17, 15) is 14.4 Å². The fourth-order valence-corrected chi connectivity index (χ4v) is 0.778. The molecule has 7 heteroatoms. The van der Waals surface area contributed by atoms with Crippen molar-refractivity contribution < 1.29 is 33.7 Å². The molecule has 0 heterocycles. The van der Waals surface area contributed by atoms with Gasteiger partial charge in [-0.25, -0.2) is 14.4 Å². The molecule has 0 rings (SSSR count). The van der Waals surface area contributed by atoms with E-state index in [2.05, 4.69) is 20.8 Å². The van der Waals surface area contributed by atoms with E-state index >= 15 is 0 Å². The number of ether oxygens (including phenoxy) is 3. The van der Waals surface area contributed by atoms with Gasteiger partial charge < -0.3 is 19.3 Å². The molecule has 106 valence electrons. The summed E-state index contributed by atoms with van der Waals surface area (Å²) < 4.78 is 13.8. The van der Waals surface area contributed by atoms with Crippen molar-refractivity contribution in [3.8, 4) is 0 Å². The first-order chi connectivity index (χ1) is 8.97. The molecule has 0 aromatic heterocycles. The van der Waals surface area contributed by atoms with Crippen LogP contribution < -0.4 is 0 Å². The van der Waals surface area contributed by atoms with Gasteiger partial charge in [-0.1, -0.05) is 6.58 Å². The maximum Gasteiger partial charge on any atom is 0.333 e. The Balaban J connectivity index is 3.75. The topological polar surface area (TPSA) is 99.1 Å². The molecule has 0 amide bonds. The summed E-state index contributed by atoms with van der Waals surface area (Å²) in [4.78, 5) is 32.9. The molecule has 0 spiro atoms. The molecule has 0 fully saturated rings. The van der Waals surface area contributed by atoms with Gasteiger partial charge in [0.2, 0.25) is 0 Å². The van der Waals surface area contributed by atoms with Crippen LogP contribution in [-0.4, -0.2) is 49.4 Å². The first-order valence-electron chi connectivity index (χ1n) is 5.42. The molecule has 0 bridgehead atoms. The Morgan fingerprint density at radius 3 is 1.95 bits per heavy atom. The minimum absolute atomic E-state index is 0.0970. The number of esters is 3. The van der Waals surface area contributed by atoms with E-state index in [0.717, 1.165) is 12.2 Å². The van der Waals surface area contributed by atoms with Gasteiger partial charge in [0.05, 0.1) is 6.61 Å². The Kier molecular flexibility index (Phi) is 8.72. The fraction of sp³-hybridized carbons (Fsp3) is 0.417. The van der Waals surface area contributed by atoms with Crippen LogP contribution in [0.5, 0.6) is 0 Å². The molecule has 0 aliphatic rings. The Hall–Kier alpha value is -2.15. The minimum Gasteiger partial charge on any atom is -0.460 e. The lowest BCUT2D eigenvalue weighted by atomic mass is 10.4. The zero-order valence-corrected chi connectivity index (χ0v) is 10.6. The Morgan fingerprint density at radius 2 is 1.47 bits per heavy atom. The van der Waals surface area contributed by atoms with Crippen molar-refractivity contribution in [3.63, 3.8) is 0 Å². The van der Waals surface area contributed by atoms with E-state index in [1.54, 1.807) is 0 Å². The van der Waals surface area contributed by atoms with Crippen LogP contribution in [0.25, 0.3) is 0 Å². The van der Waals surface area contributed by atoms with Crippen molar-refractivity contribution in [1.82, 2.24) is 0 Å². The second-order valence-electron chi connectivity index (χ2n) is 3.31. The summed E-state index contributed by atoms with van der Waals surface area (Å²) >= 11 is 0. The van der Waals surface area contributed by atoms with Gasteiger partial charge in [0.15, 0.2) is 0 Å². The van der Waals surface area contributed by atoms with Gasteiger partial charge >= 0.3 is 17.9 Å². The third-order valence-corrected chi connectivity index (χ3v) is 1.60. The molecule has 0 aromatic rings. The van der Waals surface area contributed by atoms with Crippen LogP contribution in [-0.2, 0) is 28.6 Å². The molecular formula is C12H16O7. The molecule has 0 unspecified atom stereocenters. The number of aliphatic hydroxyl groups excluding tert-OH is 1. The zero-order valence-electron chi connectivity index (χ0n) is 10.6. The zero-order chi connectivity index (χ0) is 14.7. The standard InChI is InChI=1S/C12H16O7/c1-9(2)12(16)19-8-7-18-11(15)4-3-10(14)17-6-5-13/h3-4,13H,1,5-8H2,2H3/b4-3-. The summed E-state index contributed by atoms with van der Waals surface area (Å²) in [6.07, 6.45) is 1.75. The van der Waals surface area contributed by atoms with E-state index < -0.39 is 17.9 Å². The predicted octanol–water partition coefficient (Wildman–Crippen LogP) is -0.259. The smallest absolute Gasteiger partial charge is 0.333 e. The summed E-state index contributed by atoms with van der Waals surface area (Å²) in [5, 5.41) is 8.38. The second kappa shape index (κ2) is 9.84. The largest absolute Gasteiger partial charge is 0.460 e. The lowest BCUT2D eigenvalue weighted by molar-refractivity contribution is -0.146. The van der Waals surface area contributed by atoms with Crippen LogP contribution in [0.1, 0.15) is 6.92 Å². The van der Waals surface area contributed by atoms with E-state index in [1.807, 2.05) is 0 Å². The highest BCUT2D eigenvalue weighted by molar-refractivity contribution is 5.91.